The predicted octanol–water partition coefficient (Wildman–Crippen LogP) is 5.50. The number of amides is 1. The molecule has 1 spiro atoms. The lowest BCUT2D eigenvalue weighted by atomic mass is 9.69. The molecule has 3 aliphatic rings. The number of fused-ring (bicyclic) bond motifs is 3. The summed E-state index contributed by atoms with van der Waals surface area (Å²) in [5.41, 5.74) is 1.07. The van der Waals surface area contributed by atoms with E-state index >= 15 is 0 Å². The van der Waals surface area contributed by atoms with Gasteiger partial charge in [-0.25, -0.2) is 4.98 Å². The highest BCUT2D eigenvalue weighted by molar-refractivity contribution is 6.35. The number of carbonyl (C=O) groups excluding carboxylic acids is 3. The summed E-state index contributed by atoms with van der Waals surface area (Å²) >= 11 is 6.60. The summed E-state index contributed by atoms with van der Waals surface area (Å²) in [4.78, 5) is 49.6. The van der Waals surface area contributed by atoms with Gasteiger partial charge >= 0.3 is 0 Å². The number of hydrogen-bond donors (Lipinski definition) is 3. The van der Waals surface area contributed by atoms with Crippen molar-refractivity contribution in [1.29, 1.82) is 0 Å². The van der Waals surface area contributed by atoms with Crippen LogP contribution in [0.25, 0.3) is 11.0 Å². The minimum Gasteiger partial charge on any atom is -0.507 e. The Kier molecular flexibility index (Phi) is 7.70. The number of aryl methyl sites for hydroxylation is 1. The van der Waals surface area contributed by atoms with Gasteiger partial charge < -0.3 is 39.1 Å². The van der Waals surface area contributed by atoms with E-state index in [0.29, 0.717) is 22.9 Å². The summed E-state index contributed by atoms with van der Waals surface area (Å²) in [7, 11) is 2.80. The number of benzene rings is 3. The van der Waals surface area contributed by atoms with Crippen molar-refractivity contribution in [2.75, 3.05) is 21.0 Å². The highest BCUT2D eigenvalue weighted by atomic mass is 35.5. The molecule has 3 heterocycles. The molecule has 48 heavy (non-hydrogen) atoms. The van der Waals surface area contributed by atoms with Crippen LogP contribution in [-0.4, -0.2) is 59.2 Å². The van der Waals surface area contributed by atoms with E-state index < -0.39 is 40.7 Å². The maximum Gasteiger partial charge on any atom is 0.231 e. The normalized spacial score (nSPS) is 20.2. The number of aliphatic hydroxyl groups excluding tert-OH is 1. The molecule has 1 aliphatic carbocycles. The van der Waals surface area contributed by atoms with Crippen molar-refractivity contribution in [2.24, 2.45) is 5.92 Å². The number of aromatic amines is 1. The first-order valence-corrected chi connectivity index (χ1v) is 15.7. The van der Waals surface area contributed by atoms with Crippen LogP contribution in [0.3, 0.4) is 0 Å². The molecule has 3 atom stereocenters. The van der Waals surface area contributed by atoms with Crippen LogP contribution >= 0.6 is 11.6 Å². The Morgan fingerprint density at radius 2 is 1.90 bits per heavy atom. The van der Waals surface area contributed by atoms with E-state index in [1.807, 2.05) is 25.1 Å². The third-order valence-electron chi connectivity index (χ3n) is 9.19. The second-order valence-electron chi connectivity index (χ2n) is 12.1. The van der Waals surface area contributed by atoms with Gasteiger partial charge in [0, 0.05) is 36.3 Å². The van der Waals surface area contributed by atoms with Crippen LogP contribution in [0, 0.1) is 12.8 Å². The van der Waals surface area contributed by atoms with Crippen LogP contribution in [0.15, 0.2) is 53.8 Å². The summed E-state index contributed by atoms with van der Waals surface area (Å²) in [5.74, 6) is -2.08. The van der Waals surface area contributed by atoms with Crippen LogP contribution in [0.4, 0.5) is 0 Å². The van der Waals surface area contributed by atoms with Crippen molar-refractivity contribution >= 4 is 40.1 Å². The Hall–Kier alpha value is -5.23. The molecule has 7 rings (SSSR count). The molecule has 13 heteroatoms. The summed E-state index contributed by atoms with van der Waals surface area (Å²) in [6, 6.07) is 12.3. The second-order valence-corrected chi connectivity index (χ2v) is 12.5. The highest BCUT2D eigenvalue weighted by Crippen LogP contribution is 2.56. The van der Waals surface area contributed by atoms with Gasteiger partial charge in [-0.2, -0.15) is 0 Å². The molecule has 4 aromatic rings. The van der Waals surface area contributed by atoms with Crippen LogP contribution in [0.2, 0.25) is 5.02 Å². The number of Topliss-reactive ketones (excluding diaryl/α,β-unsaturated/α-hetero) is 2. The fourth-order valence-electron chi connectivity index (χ4n) is 6.75. The number of rotatable bonds is 8. The number of nitrogens with zero attached hydrogens (tertiary/aromatic N) is 1. The molecule has 0 fully saturated rings. The summed E-state index contributed by atoms with van der Waals surface area (Å²) in [6.45, 7) is 3.73. The van der Waals surface area contributed by atoms with Crippen molar-refractivity contribution in [3.8, 4) is 28.7 Å². The van der Waals surface area contributed by atoms with Gasteiger partial charge in [0.1, 0.15) is 27.9 Å². The number of imidazole rings is 1. The summed E-state index contributed by atoms with van der Waals surface area (Å²) < 4.78 is 28.2. The molecule has 12 nitrogen and oxygen atoms in total. The third-order valence-corrected chi connectivity index (χ3v) is 9.55. The first-order valence-electron chi connectivity index (χ1n) is 15.3. The minimum absolute atomic E-state index is 0.0150. The molecule has 0 bridgehead atoms. The van der Waals surface area contributed by atoms with E-state index in [9.17, 15) is 19.5 Å². The fraction of sp³-hybridized carbons (Fsp3) is 0.314. The highest BCUT2D eigenvalue weighted by Gasteiger charge is 2.61. The number of hydrogen-bond acceptors (Lipinski definition) is 10. The van der Waals surface area contributed by atoms with Gasteiger partial charge in [0.25, 0.3) is 0 Å². The largest absolute Gasteiger partial charge is 0.507 e. The number of ketones is 2. The van der Waals surface area contributed by atoms with Crippen molar-refractivity contribution < 1.29 is 43.2 Å². The number of ether oxygens (including phenoxy) is 5. The lowest BCUT2D eigenvalue weighted by Crippen LogP contribution is -2.53. The zero-order valence-corrected chi connectivity index (χ0v) is 27.3. The molecule has 2 aliphatic heterocycles. The lowest BCUT2D eigenvalue weighted by molar-refractivity contribution is -0.122. The Morgan fingerprint density at radius 3 is 2.67 bits per heavy atom. The van der Waals surface area contributed by atoms with E-state index in [2.05, 4.69) is 15.3 Å². The van der Waals surface area contributed by atoms with E-state index in [4.69, 9.17) is 35.3 Å². The molecular weight excluding hydrogens is 642 g/mol. The van der Waals surface area contributed by atoms with Gasteiger partial charge in [-0.15, -0.1) is 0 Å². The smallest absolute Gasteiger partial charge is 0.231 e. The maximum absolute atomic E-state index is 14.3. The van der Waals surface area contributed by atoms with E-state index in [1.54, 1.807) is 25.1 Å². The Balaban J connectivity index is 1.28. The quantitative estimate of drug-likeness (QED) is 0.218. The molecule has 0 saturated carbocycles. The van der Waals surface area contributed by atoms with Crippen LogP contribution < -0.4 is 29.0 Å². The predicted molar refractivity (Wildman–Crippen MR) is 173 cm³/mol. The number of aromatic nitrogens is 2. The average molecular weight is 674 g/mol. The zero-order chi connectivity index (χ0) is 33.9. The second kappa shape index (κ2) is 11.8. The first-order chi connectivity index (χ1) is 23.0. The molecular formula is C35H32ClN3O9. The topological polar surface area (TPSA) is 158 Å². The maximum atomic E-state index is 14.3. The zero-order valence-electron chi connectivity index (χ0n) is 26.6. The lowest BCUT2D eigenvalue weighted by Gasteiger charge is -2.38. The van der Waals surface area contributed by atoms with Gasteiger partial charge in [0.2, 0.25) is 24.1 Å². The van der Waals surface area contributed by atoms with Crippen molar-refractivity contribution in [1.82, 2.24) is 15.3 Å². The molecule has 3 aromatic carbocycles. The number of aliphatic hydroxyl groups is 1. The monoisotopic (exact) mass is 673 g/mol. The van der Waals surface area contributed by atoms with E-state index in [1.165, 1.54) is 20.3 Å². The van der Waals surface area contributed by atoms with Crippen molar-refractivity contribution in [3.63, 3.8) is 0 Å². The van der Waals surface area contributed by atoms with Crippen LogP contribution in [-0.2, 0) is 16.1 Å². The molecule has 0 saturated heterocycles. The van der Waals surface area contributed by atoms with Crippen LogP contribution in [0.5, 0.6) is 28.7 Å². The SMILES string of the molecule is COc1cc(OC)c2c(c1Cl)OC1(C2=O)C(O)=C(C(CC(=O)NCc2nc3ccc(C)cc3[nH]2)c2ccc3c(c2)OCO3)C(=O)CC1C. The summed E-state index contributed by atoms with van der Waals surface area (Å²) in [5, 5.41) is 15.0. The molecule has 1 aromatic heterocycles. The van der Waals surface area contributed by atoms with Gasteiger partial charge in [-0.05, 0) is 42.3 Å². The van der Waals surface area contributed by atoms with E-state index in [0.717, 1.165) is 16.6 Å². The van der Waals surface area contributed by atoms with Crippen molar-refractivity contribution in [2.45, 2.75) is 44.8 Å². The van der Waals surface area contributed by atoms with Gasteiger partial charge in [0.05, 0.1) is 31.8 Å². The molecule has 3 N–H and O–H groups in total. The molecule has 0 radical (unpaired) electrons. The Labute approximate surface area is 279 Å². The van der Waals surface area contributed by atoms with Gasteiger partial charge in [0.15, 0.2) is 28.8 Å². The fourth-order valence-corrected chi connectivity index (χ4v) is 7.02. The molecule has 3 unspecified atom stereocenters. The first kappa shape index (κ1) is 31.4. The number of H-pyrrole nitrogens is 1. The standard InChI is InChI=1S/C35H32ClN3O9/c1-16-5-7-20-21(9-16)39-27(38-20)14-37-28(41)12-19(18-6-8-23-24(11-18)47-15-46-23)29-22(40)10-17(2)35(33(29)42)34(43)30-25(44-3)13-26(45-4)31(36)32(30)48-35/h5-9,11,13,17,19,42H,10,12,14-15H2,1-4H3,(H,37,41)(H,38,39). The summed E-state index contributed by atoms with van der Waals surface area (Å²) in [6.07, 6.45) is -0.412. The molecule has 1 amide bonds. The van der Waals surface area contributed by atoms with Crippen LogP contribution in [0.1, 0.15) is 53.0 Å². The van der Waals surface area contributed by atoms with E-state index in [-0.39, 0.29) is 59.6 Å². The number of nitrogens with one attached hydrogen (secondary N) is 2. The number of carbonyl (C=O) groups is 3. The number of allylic oxidation sites excluding steroid dienone is 1. The number of methoxy groups -OCH3 is 2. The molecule has 248 valence electrons. The average Bonchev–Trinajstić information content (AvgIpc) is 3.78. The third kappa shape index (κ3) is 4.90. The van der Waals surface area contributed by atoms with Gasteiger partial charge in [-0.3, -0.25) is 14.4 Å². The Morgan fingerprint density at radius 1 is 1.12 bits per heavy atom. The van der Waals surface area contributed by atoms with Crippen molar-refractivity contribution in [3.05, 3.63) is 81.3 Å². The number of halogens is 1. The minimum atomic E-state index is -2.01. The Bertz CT molecular complexity index is 2050. The van der Waals surface area contributed by atoms with Gasteiger partial charge in [-0.1, -0.05) is 30.7 Å².